The maximum Gasteiger partial charge on any atom is 0.420 e. The van der Waals surface area contributed by atoms with Crippen LogP contribution in [-0.4, -0.2) is 4.57 Å². The van der Waals surface area contributed by atoms with Crippen LogP contribution in [0.2, 0.25) is 0 Å². The first-order valence-corrected chi connectivity index (χ1v) is 5.30. The molecule has 1 heterocycles. The molecule has 0 saturated heterocycles. The summed E-state index contributed by atoms with van der Waals surface area (Å²) in [5.41, 5.74) is 0.485. The second-order valence-electron chi connectivity index (χ2n) is 3.57. The summed E-state index contributed by atoms with van der Waals surface area (Å²) in [6, 6.07) is 2.77. The summed E-state index contributed by atoms with van der Waals surface area (Å²) in [5.74, 6) is -0.990. The zero-order valence-electron chi connectivity index (χ0n) is 8.25. The molecule has 5 heteroatoms. The SMILES string of the molecule is CC(C)n1c(=O)oc2cc(Br)cc(F)c21. The number of hydrogen-bond acceptors (Lipinski definition) is 2. The van der Waals surface area contributed by atoms with Crippen LogP contribution in [0.15, 0.2) is 25.8 Å². The summed E-state index contributed by atoms with van der Waals surface area (Å²) in [4.78, 5) is 11.5. The Hall–Kier alpha value is -1.10. The molecule has 2 aromatic rings. The monoisotopic (exact) mass is 273 g/mol. The molecule has 0 radical (unpaired) electrons. The Morgan fingerprint density at radius 1 is 1.47 bits per heavy atom. The topological polar surface area (TPSA) is 35.1 Å². The highest BCUT2D eigenvalue weighted by Crippen LogP contribution is 2.24. The van der Waals surface area contributed by atoms with Crippen molar-refractivity contribution >= 4 is 27.0 Å². The van der Waals surface area contributed by atoms with Crippen molar-refractivity contribution in [2.24, 2.45) is 0 Å². The van der Waals surface area contributed by atoms with Gasteiger partial charge in [0, 0.05) is 10.5 Å². The van der Waals surface area contributed by atoms with Gasteiger partial charge in [-0.15, -0.1) is 0 Å². The van der Waals surface area contributed by atoms with Gasteiger partial charge in [-0.1, -0.05) is 15.9 Å². The van der Waals surface area contributed by atoms with Crippen LogP contribution in [0.3, 0.4) is 0 Å². The lowest BCUT2D eigenvalue weighted by atomic mass is 10.3. The summed E-state index contributed by atoms with van der Waals surface area (Å²) in [5, 5.41) is 0. The summed E-state index contributed by atoms with van der Waals surface area (Å²) in [7, 11) is 0. The zero-order chi connectivity index (χ0) is 11.2. The average molecular weight is 274 g/mol. The summed E-state index contributed by atoms with van der Waals surface area (Å²) in [6.45, 7) is 3.61. The Morgan fingerprint density at radius 2 is 2.13 bits per heavy atom. The zero-order valence-corrected chi connectivity index (χ0v) is 9.84. The minimum atomic E-state index is -0.531. The van der Waals surface area contributed by atoms with E-state index in [1.54, 1.807) is 19.9 Å². The van der Waals surface area contributed by atoms with E-state index in [0.717, 1.165) is 0 Å². The fourth-order valence-corrected chi connectivity index (χ4v) is 1.97. The second-order valence-corrected chi connectivity index (χ2v) is 4.48. The van der Waals surface area contributed by atoms with Crippen molar-refractivity contribution in [1.82, 2.24) is 4.57 Å². The molecule has 0 fully saturated rings. The first kappa shape index (κ1) is 10.4. The quantitative estimate of drug-likeness (QED) is 0.801. The molecule has 2 rings (SSSR count). The average Bonchev–Trinajstić information content (AvgIpc) is 2.40. The number of oxazole rings is 1. The van der Waals surface area contributed by atoms with Gasteiger partial charge in [0.1, 0.15) is 5.52 Å². The molecule has 0 unspecified atom stereocenters. The molecular formula is C10H9BrFNO2. The van der Waals surface area contributed by atoms with E-state index >= 15 is 0 Å². The fraction of sp³-hybridized carbons (Fsp3) is 0.300. The number of aromatic nitrogens is 1. The van der Waals surface area contributed by atoms with Crippen molar-refractivity contribution in [2.45, 2.75) is 19.9 Å². The van der Waals surface area contributed by atoms with Gasteiger partial charge in [-0.2, -0.15) is 0 Å². The van der Waals surface area contributed by atoms with Crippen LogP contribution in [0, 0.1) is 5.82 Å². The van der Waals surface area contributed by atoms with E-state index in [9.17, 15) is 9.18 Å². The van der Waals surface area contributed by atoms with Gasteiger partial charge >= 0.3 is 5.76 Å². The molecule has 80 valence electrons. The lowest BCUT2D eigenvalue weighted by molar-refractivity contribution is 0.476. The molecule has 0 aliphatic carbocycles. The second kappa shape index (κ2) is 3.48. The number of rotatable bonds is 1. The molecule has 0 N–H and O–H groups in total. The molecule has 0 aliphatic rings. The van der Waals surface area contributed by atoms with Crippen LogP contribution in [0.4, 0.5) is 4.39 Å². The van der Waals surface area contributed by atoms with Crippen molar-refractivity contribution < 1.29 is 8.81 Å². The summed E-state index contributed by atoms with van der Waals surface area (Å²) in [6.07, 6.45) is 0. The first-order valence-electron chi connectivity index (χ1n) is 4.51. The highest BCUT2D eigenvalue weighted by Gasteiger charge is 2.16. The number of hydrogen-bond donors (Lipinski definition) is 0. The van der Waals surface area contributed by atoms with Gasteiger partial charge < -0.3 is 4.42 Å². The molecule has 0 aliphatic heterocycles. The molecule has 1 aromatic heterocycles. The first-order chi connectivity index (χ1) is 7.00. The molecular weight excluding hydrogens is 265 g/mol. The molecule has 0 bridgehead atoms. The van der Waals surface area contributed by atoms with Crippen molar-refractivity contribution in [3.63, 3.8) is 0 Å². The fourth-order valence-electron chi connectivity index (χ4n) is 1.56. The van der Waals surface area contributed by atoms with Gasteiger partial charge in [-0.3, -0.25) is 4.57 Å². The van der Waals surface area contributed by atoms with E-state index in [1.165, 1.54) is 10.6 Å². The Morgan fingerprint density at radius 3 is 2.73 bits per heavy atom. The van der Waals surface area contributed by atoms with Gasteiger partial charge in [0.2, 0.25) is 0 Å². The van der Waals surface area contributed by atoms with E-state index in [2.05, 4.69) is 15.9 Å². The Labute approximate surface area is 93.6 Å². The van der Waals surface area contributed by atoms with Gasteiger partial charge in [-0.05, 0) is 26.0 Å². The normalized spacial score (nSPS) is 11.5. The van der Waals surface area contributed by atoms with Gasteiger partial charge in [-0.25, -0.2) is 9.18 Å². The van der Waals surface area contributed by atoms with E-state index < -0.39 is 11.6 Å². The number of nitrogens with zero attached hydrogens (tertiary/aromatic N) is 1. The predicted molar refractivity (Wildman–Crippen MR) is 58.5 cm³/mol. The van der Waals surface area contributed by atoms with Crippen LogP contribution in [0.25, 0.3) is 11.1 Å². The summed E-state index contributed by atoms with van der Waals surface area (Å²) >= 11 is 3.14. The molecule has 1 aromatic carbocycles. The third-order valence-corrected chi connectivity index (χ3v) is 2.60. The van der Waals surface area contributed by atoms with Crippen molar-refractivity contribution in [2.75, 3.05) is 0 Å². The van der Waals surface area contributed by atoms with Crippen LogP contribution in [-0.2, 0) is 0 Å². The number of benzene rings is 1. The van der Waals surface area contributed by atoms with Crippen LogP contribution in [0.5, 0.6) is 0 Å². The highest BCUT2D eigenvalue weighted by molar-refractivity contribution is 9.10. The highest BCUT2D eigenvalue weighted by atomic mass is 79.9. The van der Waals surface area contributed by atoms with Crippen LogP contribution >= 0.6 is 15.9 Å². The lowest BCUT2D eigenvalue weighted by Gasteiger charge is -2.05. The standard InChI is InChI=1S/C10H9BrFNO2/c1-5(2)13-9-7(12)3-6(11)4-8(9)15-10(13)14/h3-5H,1-2H3. The molecule has 0 amide bonds. The number of fused-ring (bicyclic) bond motifs is 1. The van der Waals surface area contributed by atoms with Crippen molar-refractivity contribution in [3.05, 3.63) is 33.0 Å². The van der Waals surface area contributed by atoms with Crippen molar-refractivity contribution in [1.29, 1.82) is 0 Å². The van der Waals surface area contributed by atoms with E-state index in [0.29, 0.717) is 4.47 Å². The maximum absolute atomic E-state index is 13.6. The third kappa shape index (κ3) is 1.61. The van der Waals surface area contributed by atoms with Gasteiger partial charge in [0.05, 0.1) is 0 Å². The third-order valence-electron chi connectivity index (χ3n) is 2.14. The van der Waals surface area contributed by atoms with Crippen LogP contribution in [0.1, 0.15) is 19.9 Å². The predicted octanol–water partition coefficient (Wildman–Crippen LogP) is 3.08. The largest absolute Gasteiger partial charge is 0.420 e. The van der Waals surface area contributed by atoms with Gasteiger partial charge in [0.25, 0.3) is 0 Å². The minimum Gasteiger partial charge on any atom is -0.408 e. The van der Waals surface area contributed by atoms with Crippen molar-refractivity contribution in [3.8, 4) is 0 Å². The maximum atomic E-state index is 13.6. The molecule has 0 spiro atoms. The molecule has 0 atom stereocenters. The number of halogens is 2. The Balaban J connectivity index is 2.93. The van der Waals surface area contributed by atoms with E-state index in [1.807, 2.05) is 0 Å². The Bertz CT molecular complexity index is 571. The van der Waals surface area contributed by atoms with Crippen LogP contribution < -0.4 is 5.76 Å². The Kier molecular flexibility index (Phi) is 2.42. The summed E-state index contributed by atoms with van der Waals surface area (Å²) < 4.78 is 20.4. The molecule has 15 heavy (non-hydrogen) atoms. The van der Waals surface area contributed by atoms with E-state index in [-0.39, 0.29) is 17.1 Å². The molecule has 0 saturated carbocycles. The lowest BCUT2D eigenvalue weighted by Crippen LogP contribution is -2.16. The van der Waals surface area contributed by atoms with E-state index in [4.69, 9.17) is 4.42 Å². The molecule has 3 nitrogen and oxygen atoms in total. The smallest absolute Gasteiger partial charge is 0.408 e. The minimum absolute atomic E-state index is 0.130. The van der Waals surface area contributed by atoms with Gasteiger partial charge in [0.15, 0.2) is 11.4 Å².